The van der Waals surface area contributed by atoms with E-state index >= 15 is 0 Å². The van der Waals surface area contributed by atoms with E-state index in [1.54, 1.807) is 6.08 Å². The quantitative estimate of drug-likeness (QED) is 0.711. The number of nitrogens with zero attached hydrogens (tertiary/aromatic N) is 2. The van der Waals surface area contributed by atoms with Gasteiger partial charge in [-0.2, -0.15) is 18.3 Å². The molecule has 0 unspecified atom stereocenters. The first-order valence-electron chi connectivity index (χ1n) is 5.32. The largest absolute Gasteiger partial charge is 0.435 e. The van der Waals surface area contributed by atoms with Crippen LogP contribution in [0.3, 0.4) is 0 Å². The van der Waals surface area contributed by atoms with Crippen molar-refractivity contribution in [2.45, 2.75) is 31.5 Å². The lowest BCUT2D eigenvalue weighted by atomic mass is 10.0. The summed E-state index contributed by atoms with van der Waals surface area (Å²) in [5.41, 5.74) is -1.54. The summed E-state index contributed by atoms with van der Waals surface area (Å²) >= 11 is 0. The van der Waals surface area contributed by atoms with Gasteiger partial charge in [-0.1, -0.05) is 12.2 Å². The van der Waals surface area contributed by atoms with Crippen LogP contribution in [-0.4, -0.2) is 9.78 Å². The minimum absolute atomic E-state index is 0.362. The molecule has 3 nitrogen and oxygen atoms in total. The summed E-state index contributed by atoms with van der Waals surface area (Å²) < 4.78 is 38.3. The lowest BCUT2D eigenvalue weighted by Crippen LogP contribution is -2.29. The molecule has 1 aromatic heterocycles. The SMILES string of the molecule is O=c1ccc(C(F)(F)F)nn1[C@@H]1C=CCCC1. The highest BCUT2D eigenvalue weighted by Crippen LogP contribution is 2.27. The first kappa shape index (κ1) is 11.9. The Bertz CT molecular complexity index is 490. The van der Waals surface area contributed by atoms with Gasteiger partial charge in [-0.05, 0) is 25.3 Å². The predicted molar refractivity (Wildman–Crippen MR) is 55.5 cm³/mol. The number of hydrogen-bond acceptors (Lipinski definition) is 2. The zero-order valence-corrected chi connectivity index (χ0v) is 8.94. The second-order valence-electron chi connectivity index (χ2n) is 3.93. The topological polar surface area (TPSA) is 34.9 Å². The molecule has 2 rings (SSSR count). The molecule has 0 radical (unpaired) electrons. The molecule has 1 atom stereocenters. The minimum atomic E-state index is -4.52. The highest BCUT2D eigenvalue weighted by molar-refractivity contribution is 5.06. The van der Waals surface area contributed by atoms with Crippen LogP contribution >= 0.6 is 0 Å². The molecule has 0 aromatic carbocycles. The molecule has 0 saturated carbocycles. The summed E-state index contributed by atoms with van der Waals surface area (Å²) in [4.78, 5) is 11.5. The third-order valence-corrected chi connectivity index (χ3v) is 2.66. The van der Waals surface area contributed by atoms with E-state index in [9.17, 15) is 18.0 Å². The summed E-state index contributed by atoms with van der Waals surface area (Å²) in [5.74, 6) is 0. The van der Waals surface area contributed by atoms with Crippen molar-refractivity contribution in [3.63, 3.8) is 0 Å². The van der Waals surface area contributed by atoms with E-state index in [-0.39, 0.29) is 6.04 Å². The van der Waals surface area contributed by atoms with Crippen molar-refractivity contribution < 1.29 is 13.2 Å². The molecule has 0 spiro atoms. The Hall–Kier alpha value is -1.59. The second kappa shape index (κ2) is 4.35. The van der Waals surface area contributed by atoms with Crippen LogP contribution in [0.25, 0.3) is 0 Å². The normalized spacial score (nSPS) is 20.5. The van der Waals surface area contributed by atoms with Gasteiger partial charge in [-0.3, -0.25) is 4.79 Å². The van der Waals surface area contributed by atoms with E-state index in [1.807, 2.05) is 6.08 Å². The first-order chi connectivity index (χ1) is 7.98. The summed E-state index contributed by atoms with van der Waals surface area (Å²) in [7, 11) is 0. The Morgan fingerprint density at radius 3 is 2.71 bits per heavy atom. The molecule has 0 aliphatic heterocycles. The fourth-order valence-corrected chi connectivity index (χ4v) is 1.81. The molecule has 1 aliphatic rings. The average molecular weight is 244 g/mol. The molecule has 17 heavy (non-hydrogen) atoms. The fraction of sp³-hybridized carbons (Fsp3) is 0.455. The van der Waals surface area contributed by atoms with Crippen molar-refractivity contribution in [3.05, 3.63) is 40.3 Å². The van der Waals surface area contributed by atoms with Gasteiger partial charge in [0.15, 0.2) is 5.69 Å². The van der Waals surface area contributed by atoms with Crippen LogP contribution in [0.15, 0.2) is 29.1 Å². The Balaban J connectivity index is 2.42. The van der Waals surface area contributed by atoms with E-state index in [2.05, 4.69) is 5.10 Å². The van der Waals surface area contributed by atoms with Crippen molar-refractivity contribution in [2.24, 2.45) is 0 Å². The van der Waals surface area contributed by atoms with Gasteiger partial charge in [-0.25, -0.2) is 4.68 Å². The molecule has 0 saturated heterocycles. The lowest BCUT2D eigenvalue weighted by molar-refractivity contribution is -0.142. The number of hydrogen-bond donors (Lipinski definition) is 0. The molecule has 1 heterocycles. The molecular weight excluding hydrogens is 233 g/mol. The number of rotatable bonds is 1. The van der Waals surface area contributed by atoms with E-state index in [0.717, 1.165) is 23.6 Å². The smallest absolute Gasteiger partial charge is 0.268 e. The van der Waals surface area contributed by atoms with Crippen molar-refractivity contribution in [3.8, 4) is 0 Å². The Kier molecular flexibility index (Phi) is 3.04. The van der Waals surface area contributed by atoms with Crippen molar-refractivity contribution in [2.75, 3.05) is 0 Å². The van der Waals surface area contributed by atoms with Crippen LogP contribution in [0.2, 0.25) is 0 Å². The molecule has 0 N–H and O–H groups in total. The molecule has 6 heteroatoms. The van der Waals surface area contributed by atoms with Crippen LogP contribution in [0.5, 0.6) is 0 Å². The Morgan fingerprint density at radius 1 is 1.35 bits per heavy atom. The molecule has 92 valence electrons. The van der Waals surface area contributed by atoms with E-state index < -0.39 is 17.4 Å². The molecule has 0 fully saturated rings. The van der Waals surface area contributed by atoms with Gasteiger partial charge in [-0.15, -0.1) is 0 Å². The third-order valence-electron chi connectivity index (χ3n) is 2.66. The standard InChI is InChI=1S/C11H11F3N2O/c12-11(13,14)9-6-7-10(17)16(15-9)8-4-2-1-3-5-8/h2,4,6-8H,1,3,5H2/t8-/m1/s1. The maximum absolute atomic E-state index is 12.5. The number of aromatic nitrogens is 2. The number of allylic oxidation sites excluding steroid dienone is 2. The molecule has 1 aromatic rings. The van der Waals surface area contributed by atoms with Crippen LogP contribution in [0.1, 0.15) is 31.0 Å². The number of halogens is 3. The van der Waals surface area contributed by atoms with E-state index in [4.69, 9.17) is 0 Å². The molecule has 1 aliphatic carbocycles. The molecule has 0 bridgehead atoms. The van der Waals surface area contributed by atoms with Crippen molar-refractivity contribution >= 4 is 0 Å². The average Bonchev–Trinajstić information content (AvgIpc) is 2.29. The molecule has 0 amide bonds. The Morgan fingerprint density at radius 2 is 2.12 bits per heavy atom. The predicted octanol–water partition coefficient (Wildman–Crippen LogP) is 2.54. The third kappa shape index (κ3) is 2.57. The lowest BCUT2D eigenvalue weighted by Gasteiger charge is -2.18. The van der Waals surface area contributed by atoms with Crippen LogP contribution in [-0.2, 0) is 6.18 Å². The van der Waals surface area contributed by atoms with Gasteiger partial charge in [0.25, 0.3) is 5.56 Å². The molecular formula is C11H11F3N2O. The monoisotopic (exact) mass is 244 g/mol. The maximum atomic E-state index is 12.5. The van der Waals surface area contributed by atoms with Gasteiger partial charge in [0, 0.05) is 6.07 Å². The van der Waals surface area contributed by atoms with Gasteiger partial charge in [0.1, 0.15) is 0 Å². The summed E-state index contributed by atoms with van der Waals surface area (Å²) in [5, 5.41) is 3.40. The van der Waals surface area contributed by atoms with Gasteiger partial charge in [0.05, 0.1) is 6.04 Å². The highest BCUT2D eigenvalue weighted by atomic mass is 19.4. The zero-order valence-electron chi connectivity index (χ0n) is 8.94. The summed E-state index contributed by atoms with van der Waals surface area (Å²) in [6, 6.07) is 1.27. The highest BCUT2D eigenvalue weighted by Gasteiger charge is 2.33. The maximum Gasteiger partial charge on any atom is 0.435 e. The fourth-order valence-electron chi connectivity index (χ4n) is 1.81. The first-order valence-corrected chi connectivity index (χ1v) is 5.32. The van der Waals surface area contributed by atoms with Gasteiger partial charge < -0.3 is 0 Å². The Labute approximate surface area is 95.6 Å². The van der Waals surface area contributed by atoms with Crippen LogP contribution < -0.4 is 5.56 Å². The van der Waals surface area contributed by atoms with Crippen LogP contribution in [0.4, 0.5) is 13.2 Å². The number of alkyl halides is 3. The second-order valence-corrected chi connectivity index (χ2v) is 3.93. The van der Waals surface area contributed by atoms with Crippen LogP contribution in [0, 0.1) is 0 Å². The summed E-state index contributed by atoms with van der Waals surface area (Å²) in [6.45, 7) is 0. The van der Waals surface area contributed by atoms with Crippen molar-refractivity contribution in [1.82, 2.24) is 9.78 Å². The van der Waals surface area contributed by atoms with E-state index in [0.29, 0.717) is 12.5 Å². The minimum Gasteiger partial charge on any atom is -0.268 e. The van der Waals surface area contributed by atoms with Crippen molar-refractivity contribution in [1.29, 1.82) is 0 Å². The van der Waals surface area contributed by atoms with E-state index in [1.165, 1.54) is 0 Å². The summed E-state index contributed by atoms with van der Waals surface area (Å²) in [6.07, 6.45) is 1.47. The van der Waals surface area contributed by atoms with Gasteiger partial charge in [0.2, 0.25) is 0 Å². The zero-order chi connectivity index (χ0) is 12.5. The van der Waals surface area contributed by atoms with Gasteiger partial charge >= 0.3 is 6.18 Å².